The van der Waals surface area contributed by atoms with Crippen LogP contribution in [0.5, 0.6) is 11.5 Å². The van der Waals surface area contributed by atoms with Crippen LogP contribution in [0.25, 0.3) is 44.4 Å². The second kappa shape index (κ2) is 15.3. The fourth-order valence-electron chi connectivity index (χ4n) is 9.28. The van der Waals surface area contributed by atoms with Gasteiger partial charge in [-0.25, -0.2) is 4.98 Å². The van der Waals surface area contributed by atoms with E-state index in [2.05, 4.69) is 116 Å². The number of aryl methyl sites for hydroxylation is 4. The van der Waals surface area contributed by atoms with Crippen LogP contribution in [0, 0.1) is 39.8 Å². The zero-order valence-electron chi connectivity index (χ0n) is 31.8. The molecule has 0 radical (unpaired) electrons. The molecule has 2 saturated carbocycles. The molecule has 0 N–H and O–H groups in total. The van der Waals surface area contributed by atoms with Gasteiger partial charge >= 0.3 is 20.4 Å². The maximum absolute atomic E-state index is 6.72. The van der Waals surface area contributed by atoms with Crippen molar-refractivity contribution in [1.82, 2.24) is 19.3 Å². The minimum Gasteiger partial charge on any atom is -0.509 e. The largest absolute Gasteiger partial charge is 2.00 e. The van der Waals surface area contributed by atoms with Crippen LogP contribution in [0.4, 0.5) is 0 Å². The summed E-state index contributed by atoms with van der Waals surface area (Å²) in [4.78, 5) is 4.76. The molecule has 54 heavy (non-hydrogen) atoms. The Morgan fingerprint density at radius 2 is 1.37 bits per heavy atom. The molecule has 6 heteroatoms. The Hall–Kier alpha value is -4.50. The molecular formula is C48H48N4OPd. The van der Waals surface area contributed by atoms with E-state index in [1.165, 1.54) is 103 Å². The van der Waals surface area contributed by atoms with E-state index in [-0.39, 0.29) is 20.4 Å². The van der Waals surface area contributed by atoms with Gasteiger partial charge in [-0.05, 0) is 98.0 Å². The van der Waals surface area contributed by atoms with Crippen molar-refractivity contribution in [3.8, 4) is 34.1 Å². The summed E-state index contributed by atoms with van der Waals surface area (Å²) in [5.41, 5.74) is 13.4. The summed E-state index contributed by atoms with van der Waals surface area (Å²) in [7, 11) is 0. The van der Waals surface area contributed by atoms with Gasteiger partial charge in [0.2, 0.25) is 0 Å². The van der Waals surface area contributed by atoms with Crippen LogP contribution in [0.3, 0.4) is 0 Å². The molecule has 9 rings (SSSR count). The molecule has 5 nitrogen and oxygen atoms in total. The SMILES string of the molecule is Cc1cc(Oc2[c-]c3c(cc2)c2ccccc2n3-c2cc(C)ccn2)[c-]c(-n2nc(C3CCCCC3)c(-c3c(C)cccc3C)c2C2CCCCC2)c1.[Pd+2]. The molecular weight excluding hydrogens is 755 g/mol. The van der Waals surface area contributed by atoms with E-state index >= 15 is 0 Å². The monoisotopic (exact) mass is 802 g/mol. The molecule has 0 amide bonds. The van der Waals surface area contributed by atoms with Gasteiger partial charge in [-0.1, -0.05) is 87.4 Å². The molecule has 2 aliphatic rings. The average molecular weight is 803 g/mol. The Kier molecular flexibility index (Phi) is 10.4. The average Bonchev–Trinajstić information content (AvgIpc) is 3.72. The Bertz CT molecular complexity index is 2440. The van der Waals surface area contributed by atoms with E-state index in [0.29, 0.717) is 23.3 Å². The van der Waals surface area contributed by atoms with Gasteiger partial charge in [0.15, 0.2) is 0 Å². The Balaban J connectivity index is 0.00000413. The summed E-state index contributed by atoms with van der Waals surface area (Å²) in [5, 5.41) is 7.94. The third-order valence-electron chi connectivity index (χ3n) is 11.8. The van der Waals surface area contributed by atoms with Crippen LogP contribution in [0.15, 0.2) is 85.1 Å². The molecule has 2 aliphatic carbocycles. The van der Waals surface area contributed by atoms with Crippen molar-refractivity contribution in [2.24, 2.45) is 0 Å². The summed E-state index contributed by atoms with van der Waals surface area (Å²) in [5.74, 6) is 3.11. The minimum atomic E-state index is 0. The summed E-state index contributed by atoms with van der Waals surface area (Å²) in [6.45, 7) is 8.81. The first-order valence-corrected chi connectivity index (χ1v) is 19.7. The molecule has 3 heterocycles. The number of hydrogen-bond acceptors (Lipinski definition) is 3. The number of ether oxygens (including phenoxy) is 1. The van der Waals surface area contributed by atoms with Crippen molar-refractivity contribution in [2.75, 3.05) is 0 Å². The van der Waals surface area contributed by atoms with Gasteiger partial charge in [0.25, 0.3) is 0 Å². The van der Waals surface area contributed by atoms with E-state index < -0.39 is 0 Å². The maximum atomic E-state index is 6.72. The smallest absolute Gasteiger partial charge is 0.509 e. The first-order valence-electron chi connectivity index (χ1n) is 19.7. The zero-order valence-corrected chi connectivity index (χ0v) is 33.4. The van der Waals surface area contributed by atoms with Crippen LogP contribution in [-0.2, 0) is 20.4 Å². The predicted octanol–water partition coefficient (Wildman–Crippen LogP) is 12.8. The standard InChI is InChI=1S/C48H48N4O.Pd/c1-31-24-25-49-44(28-31)51-42-21-12-11-20-40(42)41-23-22-38(30-43(41)51)53-39-27-32(2)26-37(29-39)52-48(36-18-9-6-10-19-36)46(45-33(3)14-13-15-34(45)4)47(50-52)35-16-7-5-8-17-35;/h11-15,20-28,35-36H,5-10,16-19H2,1-4H3;/q-2;+2. The summed E-state index contributed by atoms with van der Waals surface area (Å²) in [6, 6.07) is 35.2. The Morgan fingerprint density at radius 1 is 0.648 bits per heavy atom. The topological polar surface area (TPSA) is 44.9 Å². The summed E-state index contributed by atoms with van der Waals surface area (Å²) in [6.07, 6.45) is 14.4. The van der Waals surface area contributed by atoms with E-state index in [0.717, 1.165) is 39.1 Å². The molecule has 0 saturated heterocycles. The van der Waals surface area contributed by atoms with Crippen molar-refractivity contribution < 1.29 is 25.2 Å². The number of rotatable bonds is 7. The number of para-hydroxylation sites is 1. The molecule has 0 bridgehead atoms. The maximum Gasteiger partial charge on any atom is 2.00 e. The fraction of sp³-hybridized carbons (Fsp3) is 0.333. The van der Waals surface area contributed by atoms with E-state index in [1.807, 2.05) is 18.3 Å². The second-order valence-corrected chi connectivity index (χ2v) is 15.6. The number of aromatic nitrogens is 4. The minimum absolute atomic E-state index is 0. The number of fused-ring (bicyclic) bond motifs is 3. The van der Waals surface area contributed by atoms with Crippen molar-refractivity contribution in [2.45, 2.75) is 104 Å². The molecule has 3 aromatic heterocycles. The molecule has 4 aromatic carbocycles. The number of hydrogen-bond donors (Lipinski definition) is 0. The van der Waals surface area contributed by atoms with Crippen molar-refractivity contribution >= 4 is 21.8 Å². The molecule has 0 unspecified atom stereocenters. The molecule has 0 spiro atoms. The van der Waals surface area contributed by atoms with Crippen LogP contribution in [-0.4, -0.2) is 19.3 Å². The van der Waals surface area contributed by atoms with Crippen molar-refractivity contribution in [1.29, 1.82) is 0 Å². The van der Waals surface area contributed by atoms with Gasteiger partial charge in [-0.15, -0.1) is 35.7 Å². The van der Waals surface area contributed by atoms with E-state index in [1.54, 1.807) is 0 Å². The molecule has 2 fully saturated rings. The van der Waals surface area contributed by atoms with Gasteiger partial charge in [0.05, 0.1) is 11.4 Å². The van der Waals surface area contributed by atoms with Crippen LogP contribution in [0.2, 0.25) is 0 Å². The van der Waals surface area contributed by atoms with Crippen LogP contribution >= 0.6 is 0 Å². The Labute approximate surface area is 333 Å². The molecule has 0 aliphatic heterocycles. The second-order valence-electron chi connectivity index (χ2n) is 15.6. The van der Waals surface area contributed by atoms with E-state index in [9.17, 15) is 0 Å². The number of benzene rings is 4. The first kappa shape index (κ1) is 36.5. The van der Waals surface area contributed by atoms with Crippen molar-refractivity contribution in [3.05, 3.63) is 131 Å². The van der Waals surface area contributed by atoms with E-state index in [4.69, 9.17) is 14.8 Å². The fourth-order valence-corrected chi connectivity index (χ4v) is 9.28. The third-order valence-corrected chi connectivity index (χ3v) is 11.8. The van der Waals surface area contributed by atoms with Crippen molar-refractivity contribution in [3.63, 3.8) is 0 Å². The van der Waals surface area contributed by atoms with Gasteiger partial charge in [-0.2, -0.15) is 16.7 Å². The quantitative estimate of drug-likeness (QED) is 0.119. The normalized spacial score (nSPS) is 15.5. The van der Waals surface area contributed by atoms with Crippen LogP contribution in [0.1, 0.15) is 110 Å². The van der Waals surface area contributed by atoms with Gasteiger partial charge in [0.1, 0.15) is 5.82 Å². The third kappa shape index (κ3) is 6.73. The number of nitrogens with zero attached hydrogens (tertiary/aromatic N) is 4. The van der Waals surface area contributed by atoms with Gasteiger partial charge in [-0.3, -0.25) is 4.68 Å². The number of pyridine rings is 1. The summed E-state index contributed by atoms with van der Waals surface area (Å²) < 4.78 is 11.2. The first-order chi connectivity index (χ1) is 25.9. The molecule has 7 aromatic rings. The summed E-state index contributed by atoms with van der Waals surface area (Å²) >= 11 is 0. The Morgan fingerprint density at radius 3 is 2.11 bits per heavy atom. The van der Waals surface area contributed by atoms with Crippen LogP contribution < -0.4 is 4.74 Å². The van der Waals surface area contributed by atoms with Gasteiger partial charge in [0, 0.05) is 40.6 Å². The van der Waals surface area contributed by atoms with Gasteiger partial charge < -0.3 is 9.30 Å². The molecule has 276 valence electrons. The zero-order chi connectivity index (χ0) is 36.1. The predicted molar refractivity (Wildman–Crippen MR) is 216 cm³/mol. The molecule has 0 atom stereocenters.